The van der Waals surface area contributed by atoms with Crippen LogP contribution in [0.15, 0.2) is 28.1 Å². The first-order chi connectivity index (χ1) is 5.81. The Morgan fingerprint density at radius 1 is 1.42 bits per heavy atom. The summed E-state index contributed by atoms with van der Waals surface area (Å²) >= 11 is 5.01. The molecule has 2 rings (SSSR count). The molecule has 12 heavy (non-hydrogen) atoms. The van der Waals surface area contributed by atoms with Crippen molar-refractivity contribution in [1.82, 2.24) is 0 Å². The Morgan fingerprint density at radius 2 is 2.25 bits per heavy atom. The van der Waals surface area contributed by atoms with Crippen LogP contribution in [0.25, 0.3) is 10.1 Å². The maximum Gasteiger partial charge on any atom is 0.151 e. The van der Waals surface area contributed by atoms with Crippen LogP contribution in [0, 0.1) is 0 Å². The molecule has 3 heteroatoms. The molecule has 0 saturated heterocycles. The van der Waals surface area contributed by atoms with Crippen LogP contribution in [0.3, 0.4) is 0 Å². The van der Waals surface area contributed by atoms with Crippen LogP contribution in [0.5, 0.6) is 0 Å². The second kappa shape index (κ2) is 2.99. The lowest BCUT2D eigenvalue weighted by molar-refractivity contribution is 0.112. The summed E-state index contributed by atoms with van der Waals surface area (Å²) in [5.41, 5.74) is 0.709. The van der Waals surface area contributed by atoms with Crippen molar-refractivity contribution in [2.24, 2.45) is 0 Å². The van der Waals surface area contributed by atoms with E-state index in [1.807, 2.05) is 23.6 Å². The van der Waals surface area contributed by atoms with E-state index >= 15 is 0 Å². The second-order valence-electron chi connectivity index (χ2n) is 2.45. The van der Waals surface area contributed by atoms with E-state index in [1.54, 1.807) is 11.3 Å². The third-order valence-electron chi connectivity index (χ3n) is 1.70. The van der Waals surface area contributed by atoms with Gasteiger partial charge in [-0.05, 0) is 29.0 Å². The van der Waals surface area contributed by atoms with Crippen molar-refractivity contribution in [2.75, 3.05) is 0 Å². The summed E-state index contributed by atoms with van der Waals surface area (Å²) in [6, 6.07) is 5.88. The minimum Gasteiger partial charge on any atom is -0.298 e. The Bertz CT molecular complexity index is 433. The van der Waals surface area contributed by atoms with Gasteiger partial charge in [0, 0.05) is 14.7 Å². The predicted molar refractivity (Wildman–Crippen MR) is 54.9 cm³/mol. The smallest absolute Gasteiger partial charge is 0.151 e. The lowest BCUT2D eigenvalue weighted by Gasteiger charge is -1.95. The normalized spacial score (nSPS) is 10.4. The SMILES string of the molecule is O=Cc1cc2ccsc2cc1Br. The summed E-state index contributed by atoms with van der Waals surface area (Å²) in [6.07, 6.45) is 0.862. The van der Waals surface area contributed by atoms with Crippen LogP contribution >= 0.6 is 27.3 Å². The number of carbonyl (C=O) groups excluding carboxylic acids is 1. The molecule has 0 atom stereocenters. The van der Waals surface area contributed by atoms with Crippen molar-refractivity contribution in [3.63, 3.8) is 0 Å². The van der Waals surface area contributed by atoms with E-state index in [-0.39, 0.29) is 0 Å². The predicted octanol–water partition coefficient (Wildman–Crippen LogP) is 3.48. The van der Waals surface area contributed by atoms with Crippen molar-refractivity contribution in [1.29, 1.82) is 0 Å². The first kappa shape index (κ1) is 7.95. The van der Waals surface area contributed by atoms with Crippen LogP contribution in [-0.4, -0.2) is 6.29 Å². The summed E-state index contributed by atoms with van der Waals surface area (Å²) in [6.45, 7) is 0. The van der Waals surface area contributed by atoms with E-state index in [9.17, 15) is 4.79 Å². The van der Waals surface area contributed by atoms with Crippen LogP contribution in [0.2, 0.25) is 0 Å². The molecule has 2 aromatic rings. The fourth-order valence-electron chi connectivity index (χ4n) is 1.09. The minimum absolute atomic E-state index is 0.709. The second-order valence-corrected chi connectivity index (χ2v) is 4.25. The molecule has 0 amide bonds. The molecule has 0 aliphatic rings. The highest BCUT2D eigenvalue weighted by molar-refractivity contribution is 9.10. The number of aldehydes is 1. The first-order valence-electron chi connectivity index (χ1n) is 3.43. The maximum absolute atomic E-state index is 10.6. The molecular weight excluding hydrogens is 236 g/mol. The fraction of sp³-hybridized carbons (Fsp3) is 0. The zero-order valence-electron chi connectivity index (χ0n) is 6.08. The Hall–Kier alpha value is -0.670. The summed E-state index contributed by atoms with van der Waals surface area (Å²) < 4.78 is 2.07. The number of thiophene rings is 1. The first-order valence-corrected chi connectivity index (χ1v) is 5.10. The van der Waals surface area contributed by atoms with Crippen molar-refractivity contribution >= 4 is 43.6 Å². The lowest BCUT2D eigenvalue weighted by atomic mass is 10.2. The number of hydrogen-bond donors (Lipinski definition) is 0. The number of rotatable bonds is 1. The van der Waals surface area contributed by atoms with Crippen molar-refractivity contribution in [2.45, 2.75) is 0 Å². The van der Waals surface area contributed by atoms with Crippen molar-refractivity contribution < 1.29 is 4.79 Å². The Morgan fingerprint density at radius 3 is 3.00 bits per heavy atom. The molecular formula is C9H5BrOS. The Kier molecular flexibility index (Phi) is 1.98. The van der Waals surface area contributed by atoms with E-state index in [2.05, 4.69) is 15.9 Å². The summed E-state index contributed by atoms with van der Waals surface area (Å²) in [4.78, 5) is 10.6. The third kappa shape index (κ3) is 1.19. The highest BCUT2D eigenvalue weighted by Crippen LogP contribution is 2.27. The van der Waals surface area contributed by atoms with Gasteiger partial charge in [-0.25, -0.2) is 0 Å². The summed E-state index contributed by atoms with van der Waals surface area (Å²) in [5.74, 6) is 0. The average molecular weight is 241 g/mol. The number of carbonyl (C=O) groups is 1. The van der Waals surface area contributed by atoms with Gasteiger partial charge in [0.15, 0.2) is 6.29 Å². The van der Waals surface area contributed by atoms with Gasteiger partial charge in [0.25, 0.3) is 0 Å². The average Bonchev–Trinajstić information content (AvgIpc) is 2.49. The largest absolute Gasteiger partial charge is 0.298 e. The molecule has 0 saturated carbocycles. The summed E-state index contributed by atoms with van der Waals surface area (Å²) in [5, 5.41) is 3.15. The number of fused-ring (bicyclic) bond motifs is 1. The molecule has 1 heterocycles. The minimum atomic E-state index is 0.709. The molecule has 0 radical (unpaired) electrons. The highest BCUT2D eigenvalue weighted by atomic mass is 79.9. The van der Waals surface area contributed by atoms with Crippen LogP contribution in [0.4, 0.5) is 0 Å². The Labute approximate surface area is 82.1 Å². The van der Waals surface area contributed by atoms with E-state index in [4.69, 9.17) is 0 Å². The monoisotopic (exact) mass is 240 g/mol. The van der Waals surface area contributed by atoms with Gasteiger partial charge in [-0.2, -0.15) is 0 Å². The van der Waals surface area contributed by atoms with E-state index in [0.717, 1.165) is 16.1 Å². The van der Waals surface area contributed by atoms with Gasteiger partial charge < -0.3 is 0 Å². The Balaban J connectivity index is 2.81. The third-order valence-corrected chi connectivity index (χ3v) is 3.27. The fourth-order valence-corrected chi connectivity index (χ4v) is 2.49. The van der Waals surface area contributed by atoms with Crippen LogP contribution in [-0.2, 0) is 0 Å². The van der Waals surface area contributed by atoms with Crippen molar-refractivity contribution in [3.8, 4) is 0 Å². The van der Waals surface area contributed by atoms with Gasteiger partial charge in [-0.15, -0.1) is 11.3 Å². The van der Waals surface area contributed by atoms with Crippen molar-refractivity contribution in [3.05, 3.63) is 33.6 Å². The molecule has 0 unspecified atom stereocenters. The molecule has 0 fully saturated rings. The zero-order chi connectivity index (χ0) is 8.55. The van der Waals surface area contributed by atoms with Gasteiger partial charge >= 0.3 is 0 Å². The van der Waals surface area contributed by atoms with E-state index in [0.29, 0.717) is 5.56 Å². The molecule has 1 aromatic heterocycles. The molecule has 60 valence electrons. The van der Waals surface area contributed by atoms with Gasteiger partial charge in [-0.3, -0.25) is 4.79 Å². The zero-order valence-corrected chi connectivity index (χ0v) is 8.48. The summed E-state index contributed by atoms with van der Waals surface area (Å²) in [7, 11) is 0. The quantitative estimate of drug-likeness (QED) is 0.698. The van der Waals surface area contributed by atoms with Crippen LogP contribution < -0.4 is 0 Å². The van der Waals surface area contributed by atoms with Crippen LogP contribution in [0.1, 0.15) is 10.4 Å². The number of hydrogen-bond acceptors (Lipinski definition) is 2. The van der Waals surface area contributed by atoms with Gasteiger partial charge in [0.2, 0.25) is 0 Å². The molecule has 0 spiro atoms. The topological polar surface area (TPSA) is 17.1 Å². The molecule has 0 bridgehead atoms. The molecule has 0 aliphatic heterocycles. The molecule has 0 aliphatic carbocycles. The highest BCUT2D eigenvalue weighted by Gasteiger charge is 2.01. The standard InChI is InChI=1S/C9H5BrOS/c10-8-4-9-6(1-2-12-9)3-7(8)5-11/h1-5H. The molecule has 0 N–H and O–H groups in total. The van der Waals surface area contributed by atoms with Gasteiger partial charge in [0.1, 0.15) is 0 Å². The van der Waals surface area contributed by atoms with E-state index in [1.165, 1.54) is 4.70 Å². The number of benzene rings is 1. The van der Waals surface area contributed by atoms with Gasteiger partial charge in [0.05, 0.1) is 0 Å². The lowest BCUT2D eigenvalue weighted by Crippen LogP contribution is -1.80. The maximum atomic E-state index is 10.6. The number of halogens is 1. The molecule has 1 nitrogen and oxygen atoms in total. The molecule has 1 aromatic carbocycles. The van der Waals surface area contributed by atoms with Gasteiger partial charge in [-0.1, -0.05) is 15.9 Å². The van der Waals surface area contributed by atoms with E-state index < -0.39 is 0 Å².